The third-order valence-corrected chi connectivity index (χ3v) is 11.5. The zero-order chi connectivity index (χ0) is 40.2. The minimum atomic E-state index is -2.04. The molecule has 12 heteroatoms. The average Bonchev–Trinajstić information content (AvgIpc) is 3.36. The second-order valence-electron chi connectivity index (χ2n) is 16.0. The predicted octanol–water partition coefficient (Wildman–Crippen LogP) is 9.50. The molecule has 0 saturated carbocycles. The Bertz CT molecular complexity index is 2010. The number of rotatable bonds is 15. The third kappa shape index (κ3) is 8.85. The van der Waals surface area contributed by atoms with Crippen molar-refractivity contribution in [3.63, 3.8) is 0 Å². The number of benzene rings is 2. The van der Waals surface area contributed by atoms with Gasteiger partial charge in [-0.25, -0.2) is 17.4 Å². The van der Waals surface area contributed by atoms with Crippen LogP contribution in [0.25, 0.3) is 5.57 Å². The Kier molecular flexibility index (Phi) is 13.3. The number of hydrogen-bond acceptors (Lipinski definition) is 4. The van der Waals surface area contributed by atoms with Gasteiger partial charge in [-0.15, -0.1) is 0 Å². The second-order valence-corrected chi connectivity index (χ2v) is 17.0. The summed E-state index contributed by atoms with van der Waals surface area (Å²) in [6.45, 7) is 11.3. The summed E-state index contributed by atoms with van der Waals surface area (Å²) in [7, 11) is 2.13. The molecular weight excluding hydrogens is 731 g/mol. The van der Waals surface area contributed by atoms with Crippen molar-refractivity contribution in [3.05, 3.63) is 93.8 Å². The van der Waals surface area contributed by atoms with E-state index in [4.69, 9.17) is 10.5 Å². The molecule has 2 aromatic rings. The van der Waals surface area contributed by atoms with Gasteiger partial charge in [-0.2, -0.15) is 8.97 Å². The van der Waals surface area contributed by atoms with Crippen LogP contribution >= 0.6 is 0 Å². The third-order valence-electron chi connectivity index (χ3n) is 10.9. The van der Waals surface area contributed by atoms with Gasteiger partial charge in [0.2, 0.25) is 17.5 Å². The summed E-state index contributed by atoms with van der Waals surface area (Å²) in [5.74, 6) is -5.44. The maximum Gasteiger partial charge on any atom is 0.252 e. The van der Waals surface area contributed by atoms with Crippen LogP contribution in [0.1, 0.15) is 108 Å². The number of fused-ring (bicyclic) bond motifs is 3. The first-order valence-electron chi connectivity index (χ1n) is 19.2. The van der Waals surface area contributed by atoms with Crippen LogP contribution in [-0.2, 0) is 34.1 Å². The number of ether oxygens (including phenoxy) is 1. The topological polar surface area (TPSA) is 95.9 Å². The molecule has 55 heavy (non-hydrogen) atoms. The van der Waals surface area contributed by atoms with Crippen molar-refractivity contribution in [3.8, 4) is 5.75 Å². The SMILES string of the molecule is CCc1c2c(cc3c1N(C)CCC3)/C(=C/C=C/C=C/C1=[N+](CCCCCC(N)=O)c3c(F)c(F)c(F)c(F)c3C1(C)CCCCS(=O)O)C=C(C(C)(C)C)O2. The molecule has 0 saturated heterocycles. The number of hydrogen-bond donors (Lipinski definition) is 2. The molecule has 0 spiro atoms. The van der Waals surface area contributed by atoms with Gasteiger partial charge in [-0.05, 0) is 75.1 Å². The second kappa shape index (κ2) is 17.4. The molecule has 0 bridgehead atoms. The van der Waals surface area contributed by atoms with E-state index in [0.29, 0.717) is 37.8 Å². The van der Waals surface area contributed by atoms with Crippen LogP contribution in [0, 0.1) is 28.7 Å². The van der Waals surface area contributed by atoms with Gasteiger partial charge >= 0.3 is 0 Å². The maximum absolute atomic E-state index is 15.8. The van der Waals surface area contributed by atoms with Crippen LogP contribution in [0.15, 0.2) is 48.3 Å². The minimum Gasteiger partial charge on any atom is -0.460 e. The maximum atomic E-state index is 15.8. The number of nitrogens with zero attached hydrogens (tertiary/aromatic N) is 2. The molecule has 0 aliphatic carbocycles. The molecular formula is C43H54F4N3O4S+. The van der Waals surface area contributed by atoms with Crippen LogP contribution in [0.2, 0.25) is 0 Å². The monoisotopic (exact) mass is 784 g/mol. The first-order valence-corrected chi connectivity index (χ1v) is 20.5. The summed E-state index contributed by atoms with van der Waals surface area (Å²) >= 11 is -2.04. The van der Waals surface area contributed by atoms with Crippen LogP contribution in [0.5, 0.6) is 5.75 Å². The zero-order valence-corrected chi connectivity index (χ0v) is 33.6. The number of carbonyl (C=O) groups excluding carboxylic acids is 1. The normalized spacial score (nSPS) is 19.6. The highest BCUT2D eigenvalue weighted by atomic mass is 32.2. The van der Waals surface area contributed by atoms with E-state index in [2.05, 4.69) is 51.8 Å². The number of halogens is 4. The number of carbonyl (C=O) groups is 1. The van der Waals surface area contributed by atoms with E-state index in [1.807, 2.05) is 18.2 Å². The summed E-state index contributed by atoms with van der Waals surface area (Å²) in [6.07, 6.45) is 16.6. The van der Waals surface area contributed by atoms with Crippen LogP contribution in [0.4, 0.5) is 28.9 Å². The molecule has 2 unspecified atom stereocenters. The van der Waals surface area contributed by atoms with E-state index in [1.165, 1.54) is 21.4 Å². The molecule has 3 aliphatic rings. The van der Waals surface area contributed by atoms with Crippen LogP contribution in [-0.4, -0.2) is 50.8 Å². The summed E-state index contributed by atoms with van der Waals surface area (Å²) in [5.41, 5.74) is 9.26. The van der Waals surface area contributed by atoms with Crippen LogP contribution < -0.4 is 15.4 Å². The van der Waals surface area contributed by atoms with Crippen LogP contribution in [0.3, 0.4) is 0 Å². The van der Waals surface area contributed by atoms with E-state index < -0.39 is 45.7 Å². The van der Waals surface area contributed by atoms with E-state index >= 15 is 8.78 Å². The number of nitrogens with two attached hydrogens (primary N) is 1. The number of allylic oxidation sites excluding steroid dienone is 8. The Balaban J connectivity index is 1.57. The predicted molar refractivity (Wildman–Crippen MR) is 212 cm³/mol. The van der Waals surface area contributed by atoms with E-state index in [-0.39, 0.29) is 41.8 Å². The van der Waals surface area contributed by atoms with Gasteiger partial charge in [0.05, 0.1) is 11.0 Å². The van der Waals surface area contributed by atoms with Crippen molar-refractivity contribution in [1.82, 2.24) is 0 Å². The van der Waals surface area contributed by atoms with E-state index in [9.17, 15) is 22.3 Å². The number of anilines is 1. The average molecular weight is 785 g/mol. The van der Waals surface area contributed by atoms with Crippen molar-refractivity contribution in [2.45, 2.75) is 104 Å². The van der Waals surface area contributed by atoms with Crippen molar-refractivity contribution in [1.29, 1.82) is 0 Å². The quantitative estimate of drug-likeness (QED) is 0.0357. The molecule has 3 N–H and O–H groups in total. The zero-order valence-electron chi connectivity index (χ0n) is 32.8. The smallest absolute Gasteiger partial charge is 0.252 e. The molecule has 298 valence electrons. The molecule has 0 fully saturated rings. The van der Waals surface area contributed by atoms with Crippen molar-refractivity contribution in [2.75, 3.05) is 30.8 Å². The largest absolute Gasteiger partial charge is 0.460 e. The van der Waals surface area contributed by atoms with Crippen molar-refractivity contribution in [2.24, 2.45) is 11.1 Å². The first kappa shape index (κ1) is 42.1. The van der Waals surface area contributed by atoms with Gasteiger partial charge in [0.25, 0.3) is 5.69 Å². The minimum absolute atomic E-state index is 0.0114. The Morgan fingerprint density at radius 2 is 1.78 bits per heavy atom. The molecule has 3 heterocycles. The Labute approximate surface area is 325 Å². The highest BCUT2D eigenvalue weighted by molar-refractivity contribution is 7.79. The lowest BCUT2D eigenvalue weighted by Gasteiger charge is -2.35. The lowest BCUT2D eigenvalue weighted by molar-refractivity contribution is -0.441. The molecule has 2 aromatic carbocycles. The number of amides is 1. The molecule has 3 aliphatic heterocycles. The molecule has 7 nitrogen and oxygen atoms in total. The highest BCUT2D eigenvalue weighted by Gasteiger charge is 2.53. The Morgan fingerprint density at radius 1 is 1.05 bits per heavy atom. The fourth-order valence-electron chi connectivity index (χ4n) is 8.08. The molecule has 0 radical (unpaired) electrons. The Hall–Kier alpha value is -4.03. The summed E-state index contributed by atoms with van der Waals surface area (Å²) in [4.78, 5) is 13.6. The standard InChI is InChI=1S/C43H53F4N3O4S/c1-7-29-39-28(18-16-22-49(39)6)25-30-27(26-32(42(2,3)4)54-41(29)30)17-10-8-11-19-31-43(5,21-13-15-24-55(52)53)34-35(44)36(45)37(46)38(47)40(34)50(31)23-14-9-12-20-33(48)51/h8,10-11,17,19,25-26H,7,9,12-16,18,20-24H2,1-6H3,(H2-,48,51,52,53)/p+1. The van der Waals surface area contributed by atoms with E-state index in [0.717, 1.165) is 48.5 Å². The Morgan fingerprint density at radius 3 is 2.45 bits per heavy atom. The van der Waals surface area contributed by atoms with Gasteiger partial charge in [-0.3, -0.25) is 4.79 Å². The lowest BCUT2D eigenvalue weighted by Crippen LogP contribution is -2.32. The fraction of sp³-hybridized carbons (Fsp3) is 0.488. The number of primary amides is 1. The fourth-order valence-corrected chi connectivity index (χ4v) is 8.54. The lowest BCUT2D eigenvalue weighted by atomic mass is 9.75. The van der Waals surface area contributed by atoms with Gasteiger partial charge < -0.3 is 19.9 Å². The van der Waals surface area contributed by atoms with Crippen molar-refractivity contribution < 1.29 is 40.4 Å². The number of unbranched alkanes of at least 4 members (excludes halogenated alkanes) is 3. The summed E-state index contributed by atoms with van der Waals surface area (Å²) < 4.78 is 90.1. The van der Waals surface area contributed by atoms with Gasteiger partial charge in [-0.1, -0.05) is 58.4 Å². The van der Waals surface area contributed by atoms with E-state index in [1.54, 1.807) is 19.1 Å². The summed E-state index contributed by atoms with van der Waals surface area (Å²) in [6, 6.07) is 2.23. The van der Waals surface area contributed by atoms with Gasteiger partial charge in [0.1, 0.15) is 18.1 Å². The molecule has 0 aromatic heterocycles. The molecule has 2 atom stereocenters. The number of aryl methyl sites for hydroxylation is 1. The highest BCUT2D eigenvalue weighted by Crippen LogP contribution is 2.49. The first-order chi connectivity index (χ1) is 26.0. The van der Waals surface area contributed by atoms with Crippen molar-refractivity contribution >= 4 is 39.6 Å². The summed E-state index contributed by atoms with van der Waals surface area (Å²) in [5, 5.41) is 0. The van der Waals surface area contributed by atoms with Gasteiger partial charge in [0.15, 0.2) is 28.4 Å². The van der Waals surface area contributed by atoms with Gasteiger partial charge in [0, 0.05) is 60.5 Å². The molecule has 5 rings (SSSR count). The molecule has 1 amide bonds.